The molecule has 0 N–H and O–H groups in total. The van der Waals surface area contributed by atoms with Gasteiger partial charge in [-0.1, -0.05) is 6.07 Å². The number of rotatable bonds is 8. The summed E-state index contributed by atoms with van der Waals surface area (Å²) in [6, 6.07) is 16.2. The van der Waals surface area contributed by atoms with Crippen LogP contribution in [0.3, 0.4) is 0 Å². The second-order valence-corrected chi connectivity index (χ2v) is 7.95. The molecule has 2 atom stereocenters. The Hall–Kier alpha value is -3.54. The Kier molecular flexibility index (Phi) is 6.54. The van der Waals surface area contributed by atoms with Gasteiger partial charge in [0, 0.05) is 23.6 Å². The summed E-state index contributed by atoms with van der Waals surface area (Å²) in [4.78, 5) is 0. The van der Waals surface area contributed by atoms with E-state index in [1.54, 1.807) is 42.7 Å². The fraction of sp³-hybridized carbons (Fsp3) is 0.333. The molecule has 0 heterocycles. The van der Waals surface area contributed by atoms with E-state index >= 15 is 0 Å². The lowest BCUT2D eigenvalue weighted by atomic mass is 9.81. The van der Waals surface area contributed by atoms with Crippen LogP contribution >= 0.6 is 0 Å². The lowest BCUT2D eigenvalue weighted by molar-refractivity contribution is 0.354. The molecule has 0 amide bonds. The molecule has 0 aliphatic heterocycles. The maximum Gasteiger partial charge on any atom is 0.161 e. The highest BCUT2D eigenvalue weighted by Crippen LogP contribution is 2.53. The van der Waals surface area contributed by atoms with Gasteiger partial charge in [-0.2, -0.15) is 0 Å². The number of hydrogen-bond acceptors (Lipinski definition) is 6. The fourth-order valence-electron chi connectivity index (χ4n) is 4.82. The van der Waals surface area contributed by atoms with Gasteiger partial charge in [0.1, 0.15) is 23.0 Å². The SMILES string of the molecule is COc1cc(OC)cc(C2Cc3cc(OC)cc(OC)c3[C@@H]2c2ccc(OC)c(OC)c2)c1. The second-order valence-electron chi connectivity index (χ2n) is 7.95. The summed E-state index contributed by atoms with van der Waals surface area (Å²) in [5.41, 5.74) is 4.58. The Labute approximate surface area is 195 Å². The predicted octanol–water partition coefficient (Wildman–Crippen LogP) is 5.21. The Balaban J connectivity index is 1.93. The van der Waals surface area contributed by atoms with E-state index in [2.05, 4.69) is 24.3 Å². The Morgan fingerprint density at radius 3 is 1.73 bits per heavy atom. The minimum absolute atomic E-state index is 0.0254. The van der Waals surface area contributed by atoms with Crippen LogP contribution in [-0.2, 0) is 6.42 Å². The highest BCUT2D eigenvalue weighted by molar-refractivity contribution is 5.59. The predicted molar refractivity (Wildman–Crippen MR) is 127 cm³/mol. The maximum atomic E-state index is 5.84. The Morgan fingerprint density at radius 1 is 0.545 bits per heavy atom. The van der Waals surface area contributed by atoms with Gasteiger partial charge in [-0.15, -0.1) is 0 Å². The molecule has 0 bridgehead atoms. The van der Waals surface area contributed by atoms with Crippen LogP contribution in [0.2, 0.25) is 0 Å². The van der Waals surface area contributed by atoms with Crippen LogP contribution < -0.4 is 28.4 Å². The summed E-state index contributed by atoms with van der Waals surface area (Å²) in [6.45, 7) is 0. The lowest BCUT2D eigenvalue weighted by Crippen LogP contribution is -2.10. The summed E-state index contributed by atoms with van der Waals surface area (Å²) >= 11 is 0. The van der Waals surface area contributed by atoms with Gasteiger partial charge < -0.3 is 28.4 Å². The number of methoxy groups -OCH3 is 6. The molecule has 0 spiro atoms. The van der Waals surface area contributed by atoms with Crippen LogP contribution in [-0.4, -0.2) is 42.7 Å². The fourth-order valence-corrected chi connectivity index (χ4v) is 4.82. The molecule has 1 aliphatic rings. The highest BCUT2D eigenvalue weighted by Gasteiger charge is 2.38. The molecule has 3 aromatic rings. The molecule has 0 fully saturated rings. The lowest BCUT2D eigenvalue weighted by Gasteiger charge is -2.24. The van der Waals surface area contributed by atoms with Crippen molar-refractivity contribution in [2.45, 2.75) is 18.3 Å². The van der Waals surface area contributed by atoms with Gasteiger partial charge in [0.25, 0.3) is 0 Å². The molecule has 4 rings (SSSR count). The molecule has 0 saturated carbocycles. The first kappa shape index (κ1) is 22.6. The van der Waals surface area contributed by atoms with Gasteiger partial charge in [0.15, 0.2) is 11.5 Å². The molecule has 33 heavy (non-hydrogen) atoms. The van der Waals surface area contributed by atoms with Crippen molar-refractivity contribution in [1.29, 1.82) is 0 Å². The zero-order chi connectivity index (χ0) is 23.5. The van der Waals surface area contributed by atoms with Crippen molar-refractivity contribution in [3.63, 3.8) is 0 Å². The normalized spacial score (nSPS) is 16.7. The van der Waals surface area contributed by atoms with Crippen LogP contribution in [0.4, 0.5) is 0 Å². The van der Waals surface area contributed by atoms with Crippen molar-refractivity contribution in [2.75, 3.05) is 42.7 Å². The van der Waals surface area contributed by atoms with E-state index in [0.717, 1.165) is 46.1 Å². The van der Waals surface area contributed by atoms with Crippen molar-refractivity contribution in [2.24, 2.45) is 0 Å². The van der Waals surface area contributed by atoms with Gasteiger partial charge in [-0.05, 0) is 59.4 Å². The van der Waals surface area contributed by atoms with E-state index in [0.29, 0.717) is 11.5 Å². The van der Waals surface area contributed by atoms with E-state index in [1.807, 2.05) is 24.3 Å². The zero-order valence-corrected chi connectivity index (χ0v) is 19.9. The van der Waals surface area contributed by atoms with Gasteiger partial charge >= 0.3 is 0 Å². The molecule has 174 valence electrons. The van der Waals surface area contributed by atoms with Crippen LogP contribution in [0, 0.1) is 0 Å². The topological polar surface area (TPSA) is 55.4 Å². The van der Waals surface area contributed by atoms with E-state index in [9.17, 15) is 0 Å². The van der Waals surface area contributed by atoms with Crippen molar-refractivity contribution in [3.8, 4) is 34.5 Å². The van der Waals surface area contributed by atoms with Crippen molar-refractivity contribution >= 4 is 0 Å². The minimum Gasteiger partial charge on any atom is -0.497 e. The van der Waals surface area contributed by atoms with Crippen LogP contribution in [0.5, 0.6) is 34.5 Å². The summed E-state index contributed by atoms with van der Waals surface area (Å²) < 4.78 is 33.6. The molecule has 0 radical (unpaired) electrons. The number of ether oxygens (including phenoxy) is 6. The monoisotopic (exact) mass is 450 g/mol. The third-order valence-electron chi connectivity index (χ3n) is 6.38. The largest absolute Gasteiger partial charge is 0.497 e. The Morgan fingerprint density at radius 2 is 1.15 bits per heavy atom. The quantitative estimate of drug-likeness (QED) is 0.470. The van der Waals surface area contributed by atoms with Gasteiger partial charge in [0.2, 0.25) is 0 Å². The number of benzene rings is 3. The van der Waals surface area contributed by atoms with Crippen LogP contribution in [0.1, 0.15) is 34.1 Å². The second kappa shape index (κ2) is 9.53. The summed E-state index contributed by atoms with van der Waals surface area (Å²) in [7, 11) is 10.0. The van der Waals surface area contributed by atoms with E-state index < -0.39 is 0 Å². The van der Waals surface area contributed by atoms with E-state index in [4.69, 9.17) is 28.4 Å². The molecule has 1 unspecified atom stereocenters. The van der Waals surface area contributed by atoms with Crippen LogP contribution in [0.25, 0.3) is 0 Å². The third kappa shape index (κ3) is 4.13. The average Bonchev–Trinajstić information content (AvgIpc) is 3.26. The number of fused-ring (bicyclic) bond motifs is 1. The van der Waals surface area contributed by atoms with Crippen molar-refractivity contribution < 1.29 is 28.4 Å². The first-order valence-electron chi connectivity index (χ1n) is 10.8. The first-order chi connectivity index (χ1) is 16.1. The molecule has 6 nitrogen and oxygen atoms in total. The summed E-state index contributed by atoms with van der Waals surface area (Å²) in [6.07, 6.45) is 0.818. The zero-order valence-electron chi connectivity index (χ0n) is 19.9. The minimum atomic E-state index is 0.0254. The van der Waals surface area contributed by atoms with Gasteiger partial charge in [-0.3, -0.25) is 0 Å². The average molecular weight is 451 g/mol. The molecule has 0 aromatic heterocycles. The molecular weight excluding hydrogens is 420 g/mol. The highest BCUT2D eigenvalue weighted by atomic mass is 16.5. The van der Waals surface area contributed by atoms with Crippen LogP contribution in [0.15, 0.2) is 48.5 Å². The smallest absolute Gasteiger partial charge is 0.161 e. The van der Waals surface area contributed by atoms with Crippen molar-refractivity contribution in [3.05, 3.63) is 70.8 Å². The maximum absolute atomic E-state index is 5.84. The molecule has 0 saturated heterocycles. The summed E-state index contributed by atoms with van der Waals surface area (Å²) in [5, 5.41) is 0. The van der Waals surface area contributed by atoms with Gasteiger partial charge in [0.05, 0.1) is 42.7 Å². The third-order valence-corrected chi connectivity index (χ3v) is 6.38. The van der Waals surface area contributed by atoms with Crippen molar-refractivity contribution in [1.82, 2.24) is 0 Å². The molecule has 3 aromatic carbocycles. The Bertz CT molecular complexity index is 1120. The van der Waals surface area contributed by atoms with E-state index in [-0.39, 0.29) is 11.8 Å². The molecular formula is C27H30O6. The summed E-state index contributed by atoms with van der Waals surface area (Å²) in [5.74, 6) is 4.65. The first-order valence-corrected chi connectivity index (χ1v) is 10.8. The molecule has 6 heteroatoms. The molecule has 1 aliphatic carbocycles. The van der Waals surface area contributed by atoms with Gasteiger partial charge in [-0.25, -0.2) is 0 Å². The standard InChI is InChI=1S/C27H30O6/c1-28-19-9-17(10-20(14-19)29-2)22-12-18-11-21(30-3)15-25(33-6)27(18)26(22)16-7-8-23(31-4)24(13-16)32-5/h7-11,13-15,22,26H,12H2,1-6H3/t22?,26-/m1/s1. The van der Waals surface area contributed by atoms with E-state index in [1.165, 1.54) is 5.56 Å². The number of hydrogen-bond donors (Lipinski definition) is 0.